The molecule has 6 nitrogen and oxygen atoms in total. The summed E-state index contributed by atoms with van der Waals surface area (Å²) in [4.78, 5) is 28.1. The number of benzene rings is 1. The highest BCUT2D eigenvalue weighted by Gasteiger charge is 2.11. The lowest BCUT2D eigenvalue weighted by Gasteiger charge is -2.12. The molecule has 0 radical (unpaired) electrons. The van der Waals surface area contributed by atoms with Gasteiger partial charge in [-0.15, -0.1) is 11.3 Å². The molecule has 0 saturated carbocycles. The number of rotatable bonds is 6. The summed E-state index contributed by atoms with van der Waals surface area (Å²) in [5.74, 6) is 0.286. The van der Waals surface area contributed by atoms with Gasteiger partial charge in [-0.3, -0.25) is 20.4 Å². The van der Waals surface area contributed by atoms with Crippen molar-refractivity contribution in [2.45, 2.75) is 40.0 Å². The quantitative estimate of drug-likeness (QED) is 0.775. The molecule has 0 aliphatic carbocycles. The van der Waals surface area contributed by atoms with E-state index in [1.807, 2.05) is 37.4 Å². The second-order valence-electron chi connectivity index (χ2n) is 6.11. The van der Waals surface area contributed by atoms with Crippen LogP contribution < -0.4 is 15.6 Å². The molecule has 1 aromatic carbocycles. The van der Waals surface area contributed by atoms with E-state index in [9.17, 15) is 9.59 Å². The van der Waals surface area contributed by atoms with Crippen molar-refractivity contribution in [2.75, 3.05) is 6.61 Å². The lowest BCUT2D eigenvalue weighted by molar-refractivity contribution is -0.129. The second kappa shape index (κ2) is 8.62. The number of carbonyl (C=O) groups is 2. The van der Waals surface area contributed by atoms with E-state index in [0.29, 0.717) is 17.4 Å². The normalized spacial score (nSPS) is 10.6. The van der Waals surface area contributed by atoms with E-state index in [1.165, 1.54) is 11.3 Å². The summed E-state index contributed by atoms with van der Waals surface area (Å²) in [7, 11) is 0. The summed E-state index contributed by atoms with van der Waals surface area (Å²) < 4.78 is 5.54. The summed E-state index contributed by atoms with van der Waals surface area (Å²) in [6.45, 7) is 7.78. The molecule has 0 fully saturated rings. The Morgan fingerprint density at radius 3 is 2.40 bits per heavy atom. The van der Waals surface area contributed by atoms with Crippen LogP contribution in [-0.2, 0) is 16.0 Å². The van der Waals surface area contributed by atoms with Gasteiger partial charge >= 0.3 is 0 Å². The number of amides is 2. The number of nitrogens with one attached hydrogen (secondary N) is 2. The zero-order chi connectivity index (χ0) is 18.4. The van der Waals surface area contributed by atoms with Gasteiger partial charge in [-0.05, 0) is 25.0 Å². The van der Waals surface area contributed by atoms with Crippen molar-refractivity contribution in [1.29, 1.82) is 0 Å². The van der Waals surface area contributed by atoms with Crippen molar-refractivity contribution in [2.24, 2.45) is 0 Å². The first-order valence-corrected chi connectivity index (χ1v) is 8.95. The fourth-order valence-corrected chi connectivity index (χ4v) is 3.05. The molecule has 0 aliphatic heterocycles. The van der Waals surface area contributed by atoms with Gasteiger partial charge in [0.2, 0.25) is 5.91 Å². The molecule has 0 aliphatic rings. The van der Waals surface area contributed by atoms with E-state index < -0.39 is 5.91 Å². The van der Waals surface area contributed by atoms with Crippen molar-refractivity contribution in [1.82, 2.24) is 15.8 Å². The minimum atomic E-state index is -0.419. The molecule has 2 amide bonds. The zero-order valence-corrected chi connectivity index (χ0v) is 15.7. The minimum absolute atomic E-state index is 0.126. The number of nitrogens with zero attached hydrogens (tertiary/aromatic N) is 1. The van der Waals surface area contributed by atoms with Crippen molar-refractivity contribution in [3.63, 3.8) is 0 Å². The van der Waals surface area contributed by atoms with E-state index in [1.54, 1.807) is 0 Å². The number of carbonyl (C=O) groups excluding carboxylic acids is 2. The molecular formula is C18H23N3O3S. The van der Waals surface area contributed by atoms with Gasteiger partial charge in [-0.2, -0.15) is 0 Å². The average Bonchev–Trinajstić information content (AvgIpc) is 3.01. The molecule has 1 heterocycles. The Morgan fingerprint density at radius 2 is 1.80 bits per heavy atom. The van der Waals surface area contributed by atoms with Gasteiger partial charge in [0.25, 0.3) is 5.91 Å². The standard InChI is InChI=1S/C18H23N3O3S/c1-11(2)18-19-14(10-25-18)8-15(22)20-21-16(23)9-24-17-12(3)6-5-7-13(17)4/h5-7,10-11H,8-9H2,1-4H3,(H,20,22)(H,21,23). The van der Waals surface area contributed by atoms with Crippen LogP contribution in [0.3, 0.4) is 0 Å². The second-order valence-corrected chi connectivity index (χ2v) is 7.00. The predicted octanol–water partition coefficient (Wildman–Crippen LogP) is 2.65. The molecule has 2 N–H and O–H groups in total. The van der Waals surface area contributed by atoms with Gasteiger partial charge in [0.05, 0.1) is 17.1 Å². The number of thiazole rings is 1. The van der Waals surface area contributed by atoms with Crippen LogP contribution in [0.1, 0.15) is 41.6 Å². The van der Waals surface area contributed by atoms with E-state index in [-0.39, 0.29) is 18.9 Å². The van der Waals surface area contributed by atoms with Crippen molar-refractivity contribution in [3.8, 4) is 5.75 Å². The third kappa shape index (κ3) is 5.56. The average molecular weight is 361 g/mol. The van der Waals surface area contributed by atoms with Crippen LogP contribution in [0.5, 0.6) is 5.75 Å². The smallest absolute Gasteiger partial charge is 0.276 e. The Bertz CT molecular complexity index is 736. The molecule has 134 valence electrons. The summed E-state index contributed by atoms with van der Waals surface area (Å²) in [6, 6.07) is 5.77. The largest absolute Gasteiger partial charge is 0.483 e. The summed E-state index contributed by atoms with van der Waals surface area (Å²) >= 11 is 1.53. The predicted molar refractivity (Wildman–Crippen MR) is 97.6 cm³/mol. The first kappa shape index (κ1) is 18.9. The Kier molecular flexibility index (Phi) is 6.52. The number of hydrogen-bond acceptors (Lipinski definition) is 5. The molecule has 25 heavy (non-hydrogen) atoms. The van der Waals surface area contributed by atoms with Crippen LogP contribution in [0.4, 0.5) is 0 Å². The van der Waals surface area contributed by atoms with Crippen LogP contribution in [-0.4, -0.2) is 23.4 Å². The molecule has 0 unspecified atom stereocenters. The maximum absolute atomic E-state index is 11.9. The molecule has 2 aromatic rings. The third-order valence-electron chi connectivity index (χ3n) is 3.50. The lowest BCUT2D eigenvalue weighted by atomic mass is 10.1. The van der Waals surface area contributed by atoms with Gasteiger partial charge < -0.3 is 4.74 Å². The molecular weight excluding hydrogens is 338 g/mol. The Hall–Kier alpha value is -2.41. The van der Waals surface area contributed by atoms with Crippen LogP contribution in [0.25, 0.3) is 0 Å². The van der Waals surface area contributed by atoms with Gasteiger partial charge in [-0.25, -0.2) is 4.98 Å². The van der Waals surface area contributed by atoms with Crippen LogP contribution in [0, 0.1) is 13.8 Å². The van der Waals surface area contributed by atoms with Crippen LogP contribution in [0.2, 0.25) is 0 Å². The number of hydrogen-bond donors (Lipinski definition) is 2. The Balaban J connectivity index is 1.76. The van der Waals surface area contributed by atoms with E-state index in [2.05, 4.69) is 29.7 Å². The third-order valence-corrected chi connectivity index (χ3v) is 4.70. The summed E-state index contributed by atoms with van der Waals surface area (Å²) in [6.07, 6.45) is 0.126. The van der Waals surface area contributed by atoms with Crippen LogP contribution >= 0.6 is 11.3 Å². The molecule has 0 spiro atoms. The highest BCUT2D eigenvalue weighted by molar-refractivity contribution is 7.09. The molecule has 2 rings (SSSR count). The van der Waals surface area contributed by atoms with Gasteiger partial charge in [-0.1, -0.05) is 32.0 Å². The Morgan fingerprint density at radius 1 is 1.16 bits per heavy atom. The van der Waals surface area contributed by atoms with Crippen molar-refractivity contribution in [3.05, 3.63) is 45.4 Å². The van der Waals surface area contributed by atoms with Crippen molar-refractivity contribution >= 4 is 23.2 Å². The fraction of sp³-hybridized carbons (Fsp3) is 0.389. The molecule has 0 saturated heterocycles. The topological polar surface area (TPSA) is 80.3 Å². The highest BCUT2D eigenvalue weighted by atomic mass is 32.1. The monoisotopic (exact) mass is 361 g/mol. The van der Waals surface area contributed by atoms with Gasteiger partial charge in [0.1, 0.15) is 5.75 Å². The zero-order valence-electron chi connectivity index (χ0n) is 14.9. The Labute approximate surface area is 151 Å². The SMILES string of the molecule is Cc1cccc(C)c1OCC(=O)NNC(=O)Cc1csc(C(C)C)n1. The number of ether oxygens (including phenoxy) is 1. The van der Waals surface area contributed by atoms with Gasteiger partial charge in [0.15, 0.2) is 6.61 Å². The summed E-state index contributed by atoms with van der Waals surface area (Å²) in [5, 5.41) is 2.86. The maximum Gasteiger partial charge on any atom is 0.276 e. The summed E-state index contributed by atoms with van der Waals surface area (Å²) in [5.41, 5.74) is 7.35. The number of hydrazine groups is 1. The molecule has 0 atom stereocenters. The van der Waals surface area contributed by atoms with E-state index >= 15 is 0 Å². The fourth-order valence-electron chi connectivity index (χ4n) is 2.22. The van der Waals surface area contributed by atoms with E-state index in [4.69, 9.17) is 4.74 Å². The number of para-hydroxylation sites is 1. The molecule has 7 heteroatoms. The number of aryl methyl sites for hydroxylation is 2. The molecule has 0 bridgehead atoms. The molecule has 1 aromatic heterocycles. The first-order chi connectivity index (χ1) is 11.9. The van der Waals surface area contributed by atoms with Crippen LogP contribution in [0.15, 0.2) is 23.6 Å². The number of aromatic nitrogens is 1. The lowest BCUT2D eigenvalue weighted by Crippen LogP contribution is -2.44. The van der Waals surface area contributed by atoms with Crippen molar-refractivity contribution < 1.29 is 14.3 Å². The minimum Gasteiger partial charge on any atom is -0.483 e. The highest BCUT2D eigenvalue weighted by Crippen LogP contribution is 2.22. The van der Waals surface area contributed by atoms with Gasteiger partial charge in [0, 0.05) is 11.3 Å². The maximum atomic E-state index is 11.9. The van der Waals surface area contributed by atoms with E-state index in [0.717, 1.165) is 16.1 Å². The first-order valence-electron chi connectivity index (χ1n) is 8.07.